The first-order valence-corrected chi connectivity index (χ1v) is 10.5. The van der Waals surface area contributed by atoms with Crippen LogP contribution in [0.2, 0.25) is 0 Å². The molecule has 0 bridgehead atoms. The zero-order valence-electron chi connectivity index (χ0n) is 16.8. The molecule has 3 aromatic heterocycles. The fourth-order valence-electron chi connectivity index (χ4n) is 3.60. The quantitative estimate of drug-likeness (QED) is 0.418. The Labute approximate surface area is 176 Å². The third-order valence-corrected chi connectivity index (χ3v) is 6.10. The smallest absolute Gasteiger partial charge is 0.262 e. The van der Waals surface area contributed by atoms with Crippen LogP contribution in [0.5, 0.6) is 0 Å². The average Bonchev–Trinajstić information content (AvgIpc) is 3.38. The number of aryl methyl sites for hydroxylation is 3. The molecule has 3 heterocycles. The Morgan fingerprint density at radius 1 is 1.03 bits per heavy atom. The monoisotopic (exact) mass is 417 g/mol. The standard InChI is InChI=1S/C21H19N7OS/c1-13-8-9-17-15(10-13)19(29)26(3)20-24-23-18(28(17)20)11-30-21-25-22-12-27(21)16-7-5-4-6-14(16)2/h4-10,12H,11H2,1-3H3. The van der Waals surface area contributed by atoms with Gasteiger partial charge in [-0.3, -0.25) is 18.3 Å². The maximum absolute atomic E-state index is 12.7. The molecule has 0 fully saturated rings. The molecule has 2 aromatic carbocycles. The highest BCUT2D eigenvalue weighted by atomic mass is 32.2. The summed E-state index contributed by atoms with van der Waals surface area (Å²) in [7, 11) is 1.72. The second-order valence-corrected chi connectivity index (χ2v) is 8.14. The Morgan fingerprint density at radius 3 is 2.70 bits per heavy atom. The van der Waals surface area contributed by atoms with Crippen LogP contribution in [0.25, 0.3) is 22.4 Å². The van der Waals surface area contributed by atoms with Gasteiger partial charge in [0.1, 0.15) is 12.2 Å². The van der Waals surface area contributed by atoms with Crippen molar-refractivity contribution >= 4 is 28.4 Å². The zero-order valence-corrected chi connectivity index (χ0v) is 17.6. The van der Waals surface area contributed by atoms with Gasteiger partial charge in [-0.05, 0) is 37.6 Å². The molecule has 150 valence electrons. The van der Waals surface area contributed by atoms with Gasteiger partial charge in [-0.15, -0.1) is 20.4 Å². The first-order chi connectivity index (χ1) is 14.5. The van der Waals surface area contributed by atoms with E-state index in [2.05, 4.69) is 33.4 Å². The number of para-hydroxylation sites is 1. The highest BCUT2D eigenvalue weighted by molar-refractivity contribution is 7.98. The second kappa shape index (κ2) is 7.10. The summed E-state index contributed by atoms with van der Waals surface area (Å²) in [5.41, 5.74) is 3.95. The van der Waals surface area contributed by atoms with Crippen molar-refractivity contribution < 1.29 is 0 Å². The fraction of sp³-hybridized carbons (Fsp3) is 0.190. The average molecular weight is 417 g/mol. The molecular formula is C21H19N7OS. The molecular weight excluding hydrogens is 398 g/mol. The lowest BCUT2D eigenvalue weighted by Crippen LogP contribution is -2.20. The summed E-state index contributed by atoms with van der Waals surface area (Å²) in [5, 5.41) is 18.4. The molecule has 0 atom stereocenters. The molecule has 0 saturated heterocycles. The van der Waals surface area contributed by atoms with Crippen LogP contribution < -0.4 is 5.56 Å². The third-order valence-electron chi connectivity index (χ3n) is 5.16. The van der Waals surface area contributed by atoms with E-state index in [0.717, 1.165) is 33.3 Å². The molecule has 5 aromatic rings. The second-order valence-electron chi connectivity index (χ2n) is 7.20. The van der Waals surface area contributed by atoms with E-state index in [1.807, 2.05) is 52.3 Å². The predicted octanol–water partition coefficient (Wildman–Crippen LogP) is 3.07. The van der Waals surface area contributed by atoms with Crippen LogP contribution in [-0.4, -0.2) is 33.9 Å². The van der Waals surface area contributed by atoms with Crippen molar-refractivity contribution in [3.63, 3.8) is 0 Å². The summed E-state index contributed by atoms with van der Waals surface area (Å²) in [4.78, 5) is 12.7. The van der Waals surface area contributed by atoms with E-state index in [9.17, 15) is 4.79 Å². The topological polar surface area (TPSA) is 82.9 Å². The van der Waals surface area contributed by atoms with Crippen molar-refractivity contribution in [1.29, 1.82) is 0 Å². The number of thioether (sulfide) groups is 1. The number of nitrogens with zero attached hydrogens (tertiary/aromatic N) is 7. The van der Waals surface area contributed by atoms with Gasteiger partial charge < -0.3 is 0 Å². The van der Waals surface area contributed by atoms with E-state index in [1.54, 1.807) is 17.9 Å². The van der Waals surface area contributed by atoms with Crippen LogP contribution in [0, 0.1) is 13.8 Å². The van der Waals surface area contributed by atoms with Crippen LogP contribution in [0.4, 0.5) is 0 Å². The molecule has 0 spiro atoms. The van der Waals surface area contributed by atoms with E-state index >= 15 is 0 Å². The SMILES string of the molecule is Cc1ccc2c(c1)c(=O)n(C)c1nnc(CSc3nncn3-c3ccccc3C)n21. The number of fused-ring (bicyclic) bond motifs is 3. The molecule has 5 rings (SSSR count). The Bertz CT molecular complexity index is 1460. The van der Waals surface area contributed by atoms with Gasteiger partial charge in [0.25, 0.3) is 5.56 Å². The van der Waals surface area contributed by atoms with Gasteiger partial charge in [-0.1, -0.05) is 41.6 Å². The van der Waals surface area contributed by atoms with Gasteiger partial charge in [0, 0.05) is 7.05 Å². The van der Waals surface area contributed by atoms with E-state index < -0.39 is 0 Å². The van der Waals surface area contributed by atoms with Crippen molar-refractivity contribution in [2.45, 2.75) is 24.8 Å². The van der Waals surface area contributed by atoms with Crippen molar-refractivity contribution in [3.8, 4) is 5.69 Å². The van der Waals surface area contributed by atoms with Crippen LogP contribution in [0.1, 0.15) is 17.0 Å². The molecule has 0 aliphatic rings. The Kier molecular flexibility index (Phi) is 4.39. The van der Waals surface area contributed by atoms with Gasteiger partial charge in [-0.2, -0.15) is 0 Å². The van der Waals surface area contributed by atoms with Crippen molar-refractivity contribution in [2.75, 3.05) is 0 Å². The van der Waals surface area contributed by atoms with Crippen molar-refractivity contribution in [1.82, 2.24) is 33.9 Å². The minimum absolute atomic E-state index is 0.0768. The molecule has 0 unspecified atom stereocenters. The lowest BCUT2D eigenvalue weighted by Gasteiger charge is -2.10. The van der Waals surface area contributed by atoms with E-state index in [-0.39, 0.29) is 5.56 Å². The minimum Gasteiger partial charge on any atom is -0.279 e. The maximum Gasteiger partial charge on any atom is 0.262 e. The van der Waals surface area contributed by atoms with Crippen LogP contribution in [-0.2, 0) is 12.8 Å². The first kappa shape index (κ1) is 18.6. The fourth-order valence-corrected chi connectivity index (χ4v) is 4.44. The Hall–Kier alpha value is -3.46. The predicted molar refractivity (Wildman–Crippen MR) is 116 cm³/mol. The Morgan fingerprint density at radius 2 is 1.87 bits per heavy atom. The molecule has 0 radical (unpaired) electrons. The van der Waals surface area contributed by atoms with Gasteiger partial charge in [0.05, 0.1) is 22.3 Å². The lowest BCUT2D eigenvalue weighted by atomic mass is 10.1. The van der Waals surface area contributed by atoms with Gasteiger partial charge in [0.15, 0.2) is 5.16 Å². The largest absolute Gasteiger partial charge is 0.279 e. The van der Waals surface area contributed by atoms with Gasteiger partial charge >= 0.3 is 0 Å². The normalized spacial score (nSPS) is 11.6. The molecule has 8 nitrogen and oxygen atoms in total. The van der Waals surface area contributed by atoms with Crippen molar-refractivity contribution in [2.24, 2.45) is 7.05 Å². The van der Waals surface area contributed by atoms with Crippen LogP contribution in [0.15, 0.2) is 58.7 Å². The highest BCUT2D eigenvalue weighted by Gasteiger charge is 2.16. The third kappa shape index (κ3) is 2.89. The minimum atomic E-state index is -0.0768. The summed E-state index contributed by atoms with van der Waals surface area (Å²) in [6.07, 6.45) is 1.72. The van der Waals surface area contributed by atoms with E-state index in [0.29, 0.717) is 16.9 Å². The number of benzene rings is 2. The summed E-state index contributed by atoms with van der Waals surface area (Å²) in [6.45, 7) is 4.04. The molecule has 9 heteroatoms. The first-order valence-electron chi connectivity index (χ1n) is 9.47. The molecule has 0 aliphatic heterocycles. The molecule has 0 saturated carbocycles. The summed E-state index contributed by atoms with van der Waals surface area (Å²) in [6, 6.07) is 14.0. The Balaban J connectivity index is 1.57. The van der Waals surface area contributed by atoms with Crippen molar-refractivity contribution in [3.05, 3.63) is 76.1 Å². The summed E-state index contributed by atoms with van der Waals surface area (Å²) in [5.74, 6) is 1.80. The molecule has 0 aliphatic carbocycles. The number of aromatic nitrogens is 7. The number of rotatable bonds is 4. The number of hydrogen-bond donors (Lipinski definition) is 0. The maximum atomic E-state index is 12.7. The van der Waals surface area contributed by atoms with Crippen LogP contribution >= 0.6 is 11.8 Å². The summed E-state index contributed by atoms with van der Waals surface area (Å²) >= 11 is 1.53. The number of hydrogen-bond acceptors (Lipinski definition) is 6. The van der Waals surface area contributed by atoms with Gasteiger partial charge in [-0.25, -0.2) is 0 Å². The highest BCUT2D eigenvalue weighted by Crippen LogP contribution is 2.25. The lowest BCUT2D eigenvalue weighted by molar-refractivity contribution is 0.856. The molecule has 30 heavy (non-hydrogen) atoms. The summed E-state index contributed by atoms with van der Waals surface area (Å²) < 4.78 is 5.46. The molecule has 0 N–H and O–H groups in total. The molecule has 0 amide bonds. The van der Waals surface area contributed by atoms with E-state index in [4.69, 9.17) is 0 Å². The zero-order chi connectivity index (χ0) is 20.8. The van der Waals surface area contributed by atoms with Crippen LogP contribution in [0.3, 0.4) is 0 Å². The van der Waals surface area contributed by atoms with Gasteiger partial charge in [0.2, 0.25) is 5.78 Å². The van der Waals surface area contributed by atoms with E-state index in [1.165, 1.54) is 11.8 Å².